The van der Waals surface area contributed by atoms with Crippen LogP contribution in [-0.2, 0) is 6.42 Å². The second-order valence-electron chi connectivity index (χ2n) is 6.39. The lowest BCUT2D eigenvalue weighted by molar-refractivity contribution is 0.102. The van der Waals surface area contributed by atoms with Crippen LogP contribution < -0.4 is 20.1 Å². The monoisotopic (exact) mass is 391 g/mol. The van der Waals surface area contributed by atoms with Crippen molar-refractivity contribution in [3.8, 4) is 11.5 Å². The van der Waals surface area contributed by atoms with Gasteiger partial charge >= 0.3 is 0 Å². The molecule has 0 aliphatic carbocycles. The lowest BCUT2D eigenvalue weighted by Crippen LogP contribution is -2.15. The highest BCUT2D eigenvalue weighted by Crippen LogP contribution is 2.17. The Labute approximate surface area is 170 Å². The zero-order chi connectivity index (χ0) is 20.5. The Morgan fingerprint density at radius 1 is 0.931 bits per heavy atom. The van der Waals surface area contributed by atoms with E-state index in [0.29, 0.717) is 18.8 Å². The van der Waals surface area contributed by atoms with Crippen LogP contribution >= 0.6 is 0 Å². The predicted molar refractivity (Wildman–Crippen MR) is 115 cm³/mol. The van der Waals surface area contributed by atoms with Crippen molar-refractivity contribution < 1.29 is 14.3 Å². The number of carbonyl (C=O) groups is 1. The van der Waals surface area contributed by atoms with Crippen LogP contribution in [0.25, 0.3) is 0 Å². The topological polar surface area (TPSA) is 72.5 Å². The Bertz CT molecular complexity index is 908. The first kappa shape index (κ1) is 20.2. The molecule has 6 nitrogen and oxygen atoms in total. The summed E-state index contributed by atoms with van der Waals surface area (Å²) >= 11 is 0. The van der Waals surface area contributed by atoms with Gasteiger partial charge in [0.2, 0.25) is 0 Å². The molecule has 0 unspecified atom stereocenters. The highest BCUT2D eigenvalue weighted by Gasteiger charge is 2.07. The zero-order valence-electron chi connectivity index (χ0n) is 16.6. The molecule has 2 aromatic carbocycles. The van der Waals surface area contributed by atoms with Crippen molar-refractivity contribution >= 4 is 17.3 Å². The maximum atomic E-state index is 12.3. The van der Waals surface area contributed by atoms with Crippen molar-refractivity contribution in [3.05, 3.63) is 78.1 Å². The Balaban J connectivity index is 1.44. The summed E-state index contributed by atoms with van der Waals surface area (Å²) in [6, 6.07) is 18.8. The number of aryl methyl sites for hydroxylation is 1. The number of methoxy groups -OCH3 is 1. The van der Waals surface area contributed by atoms with Crippen molar-refractivity contribution in [3.63, 3.8) is 0 Å². The van der Waals surface area contributed by atoms with E-state index in [4.69, 9.17) is 9.47 Å². The third-order valence-electron chi connectivity index (χ3n) is 4.38. The molecule has 0 aliphatic rings. The molecule has 0 saturated heterocycles. The zero-order valence-corrected chi connectivity index (χ0v) is 16.6. The van der Waals surface area contributed by atoms with E-state index in [1.54, 1.807) is 19.4 Å². The summed E-state index contributed by atoms with van der Waals surface area (Å²) in [5.74, 6) is 1.34. The van der Waals surface area contributed by atoms with E-state index in [9.17, 15) is 4.79 Å². The van der Waals surface area contributed by atoms with Gasteiger partial charge in [-0.15, -0.1) is 0 Å². The molecule has 0 fully saturated rings. The molecule has 1 aromatic heterocycles. The van der Waals surface area contributed by atoms with E-state index in [1.165, 1.54) is 5.56 Å². The Hall–Kier alpha value is -3.54. The molecule has 0 saturated carbocycles. The second kappa shape index (κ2) is 10.1. The van der Waals surface area contributed by atoms with Crippen molar-refractivity contribution in [1.29, 1.82) is 0 Å². The molecular formula is C23H25N3O3. The van der Waals surface area contributed by atoms with Crippen molar-refractivity contribution in [2.45, 2.75) is 13.3 Å². The molecule has 6 heteroatoms. The molecule has 1 amide bonds. The molecule has 0 aliphatic heterocycles. The van der Waals surface area contributed by atoms with Crippen LogP contribution in [0.1, 0.15) is 23.0 Å². The number of pyridine rings is 1. The molecule has 150 valence electrons. The summed E-state index contributed by atoms with van der Waals surface area (Å²) in [6.45, 7) is 3.21. The summed E-state index contributed by atoms with van der Waals surface area (Å²) in [5.41, 5.74) is 3.18. The first-order valence-electron chi connectivity index (χ1n) is 9.55. The summed E-state index contributed by atoms with van der Waals surface area (Å²) in [7, 11) is 1.63. The lowest BCUT2D eigenvalue weighted by atomic mass is 10.1. The molecular weight excluding hydrogens is 366 g/mol. The van der Waals surface area contributed by atoms with Crippen LogP contribution in [0.2, 0.25) is 0 Å². The highest BCUT2D eigenvalue weighted by molar-refractivity contribution is 6.02. The molecule has 0 atom stereocenters. The van der Waals surface area contributed by atoms with Gasteiger partial charge in [-0.2, -0.15) is 0 Å². The fourth-order valence-electron chi connectivity index (χ4n) is 2.69. The first-order valence-corrected chi connectivity index (χ1v) is 9.55. The molecule has 0 bridgehead atoms. The first-order chi connectivity index (χ1) is 14.2. The van der Waals surface area contributed by atoms with Gasteiger partial charge in [0.05, 0.1) is 19.0 Å². The van der Waals surface area contributed by atoms with Gasteiger partial charge in [0.15, 0.2) is 0 Å². The number of hydrogen-bond acceptors (Lipinski definition) is 5. The molecule has 29 heavy (non-hydrogen) atoms. The number of benzene rings is 2. The minimum Gasteiger partial charge on any atom is -0.497 e. The minimum absolute atomic E-state index is 0.233. The predicted octanol–water partition coefficient (Wildman–Crippen LogP) is 4.40. The third kappa shape index (κ3) is 5.97. The third-order valence-corrected chi connectivity index (χ3v) is 4.38. The molecule has 0 radical (unpaired) electrons. The number of ether oxygens (including phenoxy) is 2. The van der Waals surface area contributed by atoms with Crippen LogP contribution in [0.5, 0.6) is 11.5 Å². The SMILES string of the molecule is CCc1ccc(NC(=O)c2ccc(NCCOc3ccc(OC)cc3)cn2)cc1. The number of anilines is 2. The average molecular weight is 391 g/mol. The summed E-state index contributed by atoms with van der Waals surface area (Å²) in [6.07, 6.45) is 2.61. The number of nitrogens with zero attached hydrogens (tertiary/aromatic N) is 1. The fourth-order valence-corrected chi connectivity index (χ4v) is 2.69. The summed E-state index contributed by atoms with van der Waals surface area (Å²) < 4.78 is 10.8. The van der Waals surface area contributed by atoms with Crippen molar-refractivity contribution in [2.75, 3.05) is 30.9 Å². The summed E-state index contributed by atoms with van der Waals surface area (Å²) in [4.78, 5) is 16.6. The van der Waals surface area contributed by atoms with Crippen LogP contribution in [0.15, 0.2) is 66.9 Å². The quantitative estimate of drug-likeness (QED) is 0.529. The van der Waals surface area contributed by atoms with Crippen molar-refractivity contribution in [2.24, 2.45) is 0 Å². The minimum atomic E-state index is -0.233. The van der Waals surface area contributed by atoms with Crippen LogP contribution in [0, 0.1) is 0 Å². The van der Waals surface area contributed by atoms with E-state index < -0.39 is 0 Å². The molecule has 3 rings (SSSR count). The second-order valence-corrected chi connectivity index (χ2v) is 6.39. The maximum Gasteiger partial charge on any atom is 0.274 e. The van der Waals surface area contributed by atoms with Gasteiger partial charge in [-0.1, -0.05) is 19.1 Å². The van der Waals surface area contributed by atoms with E-state index in [0.717, 1.165) is 29.3 Å². The van der Waals surface area contributed by atoms with Crippen molar-refractivity contribution in [1.82, 2.24) is 4.98 Å². The van der Waals surface area contributed by atoms with Gasteiger partial charge in [-0.05, 0) is 60.5 Å². The Morgan fingerprint density at radius 3 is 2.24 bits per heavy atom. The van der Waals surface area contributed by atoms with E-state index in [-0.39, 0.29) is 5.91 Å². The number of rotatable bonds is 9. The smallest absolute Gasteiger partial charge is 0.274 e. The van der Waals surface area contributed by atoms with Gasteiger partial charge in [-0.3, -0.25) is 4.79 Å². The molecule has 3 aromatic rings. The number of amides is 1. The molecule has 2 N–H and O–H groups in total. The van der Waals surface area contributed by atoms with Gasteiger partial charge in [0.1, 0.15) is 23.8 Å². The number of nitrogens with one attached hydrogen (secondary N) is 2. The van der Waals surface area contributed by atoms with Gasteiger partial charge in [0, 0.05) is 12.2 Å². The summed E-state index contributed by atoms with van der Waals surface area (Å²) in [5, 5.41) is 6.08. The Kier molecular flexibility index (Phi) is 7.05. The Morgan fingerprint density at radius 2 is 1.62 bits per heavy atom. The van der Waals surface area contributed by atoms with Crippen LogP contribution in [0.4, 0.5) is 11.4 Å². The van der Waals surface area contributed by atoms with Crippen LogP contribution in [-0.4, -0.2) is 31.2 Å². The average Bonchev–Trinajstić information content (AvgIpc) is 2.78. The van der Waals surface area contributed by atoms with Gasteiger partial charge < -0.3 is 20.1 Å². The molecule has 0 spiro atoms. The number of carbonyl (C=O) groups excluding carboxylic acids is 1. The van der Waals surface area contributed by atoms with E-state index >= 15 is 0 Å². The normalized spacial score (nSPS) is 10.3. The van der Waals surface area contributed by atoms with Crippen LogP contribution in [0.3, 0.4) is 0 Å². The standard InChI is InChI=1S/C23H25N3O3/c1-3-17-4-6-18(7-5-17)26-23(27)22-13-8-19(16-25-22)24-14-15-29-21-11-9-20(28-2)10-12-21/h4-13,16,24H,3,14-15H2,1-2H3,(H,26,27). The maximum absolute atomic E-state index is 12.3. The van der Waals surface area contributed by atoms with Gasteiger partial charge in [-0.25, -0.2) is 4.98 Å². The van der Waals surface area contributed by atoms with E-state index in [1.807, 2.05) is 54.6 Å². The highest BCUT2D eigenvalue weighted by atomic mass is 16.5. The number of hydrogen-bond donors (Lipinski definition) is 2. The fraction of sp³-hybridized carbons (Fsp3) is 0.217. The number of aromatic nitrogens is 1. The molecule has 1 heterocycles. The largest absolute Gasteiger partial charge is 0.497 e. The van der Waals surface area contributed by atoms with E-state index in [2.05, 4.69) is 22.5 Å². The lowest BCUT2D eigenvalue weighted by Gasteiger charge is -2.10. The van der Waals surface area contributed by atoms with Gasteiger partial charge in [0.25, 0.3) is 5.91 Å².